The third-order valence-electron chi connectivity index (χ3n) is 7.13. The number of carbonyl (C=O) groups excluding carboxylic acids is 3. The summed E-state index contributed by atoms with van der Waals surface area (Å²) in [6.07, 6.45) is 4.26. The normalized spacial score (nSPS) is 14.0. The Hall–Kier alpha value is -4.12. The lowest BCUT2D eigenvalue weighted by Crippen LogP contribution is -2.47. The second-order valence-electron chi connectivity index (χ2n) is 9.88. The molecular formula is C29H35N5O5S. The summed E-state index contributed by atoms with van der Waals surface area (Å²) in [6.45, 7) is 2.17. The Balaban J connectivity index is 1.83. The van der Waals surface area contributed by atoms with E-state index in [9.17, 15) is 14.4 Å². The Kier molecular flexibility index (Phi) is 9.26. The van der Waals surface area contributed by atoms with Crippen molar-refractivity contribution >= 4 is 34.9 Å². The van der Waals surface area contributed by atoms with Crippen LogP contribution in [0.1, 0.15) is 68.6 Å². The molecule has 1 fully saturated rings. The van der Waals surface area contributed by atoms with Crippen molar-refractivity contribution in [2.75, 3.05) is 26.5 Å². The number of carbonyl (C=O) groups is 3. The largest absolute Gasteiger partial charge is 0.497 e. The fourth-order valence-corrected chi connectivity index (χ4v) is 5.84. The minimum Gasteiger partial charge on any atom is -0.497 e. The number of nitrogens with one attached hydrogen (secondary N) is 1. The first-order chi connectivity index (χ1) is 19.2. The van der Waals surface area contributed by atoms with E-state index in [2.05, 4.69) is 9.69 Å². The Labute approximate surface area is 237 Å². The Morgan fingerprint density at radius 3 is 2.50 bits per heavy atom. The maximum atomic E-state index is 14.2. The van der Waals surface area contributed by atoms with E-state index in [-0.39, 0.29) is 34.8 Å². The number of primary amides is 1. The molecule has 1 heterocycles. The number of amides is 3. The highest BCUT2D eigenvalue weighted by molar-refractivity contribution is 7.09. The van der Waals surface area contributed by atoms with E-state index in [0.717, 1.165) is 48.3 Å². The van der Waals surface area contributed by atoms with Gasteiger partial charge in [0, 0.05) is 18.2 Å². The molecule has 2 aromatic carbocycles. The summed E-state index contributed by atoms with van der Waals surface area (Å²) in [7, 11) is 3.04. The van der Waals surface area contributed by atoms with Gasteiger partial charge in [-0.1, -0.05) is 42.7 Å². The highest BCUT2D eigenvalue weighted by Gasteiger charge is 2.37. The third-order valence-corrected chi connectivity index (χ3v) is 7.98. The van der Waals surface area contributed by atoms with Crippen LogP contribution >= 0.6 is 11.5 Å². The lowest BCUT2D eigenvalue weighted by atomic mass is 10.00. The van der Waals surface area contributed by atoms with Crippen molar-refractivity contribution in [3.8, 4) is 11.5 Å². The van der Waals surface area contributed by atoms with Crippen LogP contribution in [0, 0.1) is 6.92 Å². The van der Waals surface area contributed by atoms with Crippen LogP contribution in [0.15, 0.2) is 42.5 Å². The van der Waals surface area contributed by atoms with Crippen LogP contribution in [0.4, 0.5) is 5.69 Å². The standard InChI is InChI=1S/C29H35N5O5S/c1-17-7-6-8-18(15-17)13-14-34(29(37)26-23(30)24(27(31)35)33-40-26)25(28(36)32-19-9-4-5-10-19)21-16-20(38-2)11-12-22(21)39-3/h6-8,11-12,15-16,19,25H,4-5,9-10,13-14,30H2,1-3H3,(H2,31,35)(H,32,36). The summed E-state index contributed by atoms with van der Waals surface area (Å²) in [5.74, 6) is -0.769. The van der Waals surface area contributed by atoms with Gasteiger partial charge in [-0.3, -0.25) is 14.4 Å². The van der Waals surface area contributed by atoms with Gasteiger partial charge in [-0.05, 0) is 61.5 Å². The number of nitrogens with two attached hydrogens (primary N) is 2. The first-order valence-corrected chi connectivity index (χ1v) is 13.9. The quantitative estimate of drug-likeness (QED) is 0.321. The summed E-state index contributed by atoms with van der Waals surface area (Å²) in [5.41, 5.74) is 13.9. The Morgan fingerprint density at radius 1 is 1.12 bits per heavy atom. The molecule has 1 aromatic heterocycles. The van der Waals surface area contributed by atoms with Gasteiger partial charge in [-0.15, -0.1) is 0 Å². The number of hydrogen-bond acceptors (Lipinski definition) is 8. The van der Waals surface area contributed by atoms with Crippen molar-refractivity contribution in [3.63, 3.8) is 0 Å². The maximum absolute atomic E-state index is 14.2. The molecule has 1 unspecified atom stereocenters. The molecular weight excluding hydrogens is 530 g/mol. The second-order valence-corrected chi connectivity index (χ2v) is 10.6. The number of methoxy groups -OCH3 is 2. The molecule has 0 bridgehead atoms. The minimum atomic E-state index is -1.08. The van der Waals surface area contributed by atoms with Gasteiger partial charge in [0.25, 0.3) is 11.8 Å². The van der Waals surface area contributed by atoms with Crippen LogP contribution in [0.5, 0.6) is 11.5 Å². The van der Waals surface area contributed by atoms with Crippen molar-refractivity contribution in [1.29, 1.82) is 0 Å². The molecule has 1 saturated carbocycles. The maximum Gasteiger partial charge on any atom is 0.270 e. The van der Waals surface area contributed by atoms with Crippen LogP contribution in [0.2, 0.25) is 0 Å². The fourth-order valence-electron chi connectivity index (χ4n) is 5.08. The molecule has 10 nitrogen and oxygen atoms in total. The topological polar surface area (TPSA) is 150 Å². The van der Waals surface area contributed by atoms with E-state index in [1.54, 1.807) is 18.2 Å². The van der Waals surface area contributed by atoms with Crippen LogP contribution in [0.25, 0.3) is 0 Å². The summed E-state index contributed by atoms with van der Waals surface area (Å²) in [6, 6.07) is 12.0. The van der Waals surface area contributed by atoms with Gasteiger partial charge in [0.05, 0.1) is 19.9 Å². The number of hydrogen-bond donors (Lipinski definition) is 3. The predicted molar refractivity (Wildman–Crippen MR) is 154 cm³/mol. The Morgan fingerprint density at radius 2 is 1.88 bits per heavy atom. The highest BCUT2D eigenvalue weighted by atomic mass is 32.1. The second kappa shape index (κ2) is 12.8. The van der Waals surface area contributed by atoms with Gasteiger partial charge < -0.3 is 31.2 Å². The molecule has 40 heavy (non-hydrogen) atoms. The zero-order valence-electron chi connectivity index (χ0n) is 22.9. The summed E-state index contributed by atoms with van der Waals surface area (Å²) >= 11 is 0.785. The summed E-state index contributed by atoms with van der Waals surface area (Å²) in [4.78, 5) is 41.7. The number of aryl methyl sites for hydroxylation is 1. The molecule has 1 atom stereocenters. The van der Waals surface area contributed by atoms with E-state index in [0.29, 0.717) is 23.5 Å². The molecule has 1 aliphatic carbocycles. The van der Waals surface area contributed by atoms with E-state index in [1.807, 2.05) is 31.2 Å². The zero-order chi connectivity index (χ0) is 28.8. The molecule has 212 valence electrons. The zero-order valence-corrected chi connectivity index (χ0v) is 23.8. The van der Waals surface area contributed by atoms with Gasteiger partial charge in [0.1, 0.15) is 22.4 Å². The number of aromatic nitrogens is 1. The molecule has 1 aliphatic rings. The van der Waals surface area contributed by atoms with E-state index in [4.69, 9.17) is 20.9 Å². The average Bonchev–Trinajstić information content (AvgIpc) is 3.59. The molecule has 3 amide bonds. The number of benzene rings is 2. The lowest BCUT2D eigenvalue weighted by molar-refractivity contribution is -0.126. The van der Waals surface area contributed by atoms with Crippen LogP contribution < -0.4 is 26.3 Å². The average molecular weight is 566 g/mol. The molecule has 3 aromatic rings. The minimum absolute atomic E-state index is 0.00951. The van der Waals surface area contributed by atoms with Gasteiger partial charge in [0.2, 0.25) is 5.91 Å². The monoisotopic (exact) mass is 565 g/mol. The smallest absolute Gasteiger partial charge is 0.270 e. The third kappa shape index (κ3) is 6.36. The number of anilines is 1. The number of nitrogen functional groups attached to an aromatic ring is 1. The van der Waals surface area contributed by atoms with E-state index in [1.165, 1.54) is 19.1 Å². The molecule has 0 radical (unpaired) electrons. The van der Waals surface area contributed by atoms with Gasteiger partial charge in [-0.2, -0.15) is 4.37 Å². The molecule has 5 N–H and O–H groups in total. The molecule has 0 saturated heterocycles. The van der Waals surface area contributed by atoms with E-state index < -0.39 is 17.9 Å². The van der Waals surface area contributed by atoms with Crippen LogP contribution in [-0.2, 0) is 11.2 Å². The SMILES string of the molecule is COc1ccc(OC)c(C(C(=O)NC2CCCC2)N(CCc2cccc(C)c2)C(=O)c2snc(C(N)=O)c2N)c1. The Bertz CT molecular complexity index is 1380. The predicted octanol–water partition coefficient (Wildman–Crippen LogP) is 3.63. The van der Waals surface area contributed by atoms with Crippen molar-refractivity contribution in [3.05, 3.63) is 69.7 Å². The fraction of sp³-hybridized carbons (Fsp3) is 0.379. The van der Waals surface area contributed by atoms with Crippen LogP contribution in [0.3, 0.4) is 0 Å². The summed E-state index contributed by atoms with van der Waals surface area (Å²) < 4.78 is 15.1. The van der Waals surface area contributed by atoms with Gasteiger partial charge >= 0.3 is 0 Å². The first kappa shape index (κ1) is 28.9. The van der Waals surface area contributed by atoms with Gasteiger partial charge in [-0.25, -0.2) is 0 Å². The van der Waals surface area contributed by atoms with Crippen molar-refractivity contribution in [2.24, 2.45) is 5.73 Å². The number of nitrogens with zero attached hydrogens (tertiary/aromatic N) is 2. The molecule has 0 aliphatic heterocycles. The molecule has 4 rings (SSSR count). The number of rotatable bonds is 11. The summed E-state index contributed by atoms with van der Waals surface area (Å²) in [5, 5.41) is 3.15. The van der Waals surface area contributed by atoms with Gasteiger partial charge in [0.15, 0.2) is 5.69 Å². The molecule has 0 spiro atoms. The highest BCUT2D eigenvalue weighted by Crippen LogP contribution is 2.36. The van der Waals surface area contributed by atoms with Crippen molar-refractivity contribution in [2.45, 2.75) is 51.1 Å². The van der Waals surface area contributed by atoms with E-state index >= 15 is 0 Å². The van der Waals surface area contributed by atoms with Crippen molar-refractivity contribution < 1.29 is 23.9 Å². The lowest BCUT2D eigenvalue weighted by Gasteiger charge is -2.33. The van der Waals surface area contributed by atoms with Crippen molar-refractivity contribution in [1.82, 2.24) is 14.6 Å². The number of ether oxygens (including phenoxy) is 2. The first-order valence-electron chi connectivity index (χ1n) is 13.2. The molecule has 11 heteroatoms. The van der Waals surface area contributed by atoms with Crippen LogP contribution in [-0.4, -0.2) is 53.8 Å².